The summed E-state index contributed by atoms with van der Waals surface area (Å²) in [6, 6.07) is 12.9. The van der Waals surface area contributed by atoms with Gasteiger partial charge in [-0.2, -0.15) is 0 Å². The smallest absolute Gasteiger partial charge is 0.308 e. The highest BCUT2D eigenvalue weighted by Gasteiger charge is 2.11. The number of ketones is 1. The van der Waals surface area contributed by atoms with Crippen LogP contribution >= 0.6 is 11.3 Å². The highest BCUT2D eigenvalue weighted by atomic mass is 32.1. The van der Waals surface area contributed by atoms with Gasteiger partial charge in [-0.3, -0.25) is 9.59 Å². The van der Waals surface area contributed by atoms with Crippen LogP contribution in [0.25, 0.3) is 0 Å². The minimum Gasteiger partial charge on any atom is -0.481 e. The van der Waals surface area contributed by atoms with Crippen LogP contribution in [0.5, 0.6) is 0 Å². The molecule has 0 bridgehead atoms. The minimum absolute atomic E-state index is 0.0245. The maximum Gasteiger partial charge on any atom is 0.308 e. The maximum atomic E-state index is 12.0. The summed E-state index contributed by atoms with van der Waals surface area (Å²) < 4.78 is 0. The number of benzene rings is 1. The fourth-order valence-corrected chi connectivity index (χ4v) is 2.58. The third-order valence-electron chi connectivity index (χ3n) is 2.47. The second-order valence-electron chi connectivity index (χ2n) is 3.92. The van der Waals surface area contributed by atoms with Crippen molar-refractivity contribution in [1.82, 2.24) is 0 Å². The van der Waals surface area contributed by atoms with Crippen molar-refractivity contribution >= 4 is 23.1 Å². The molecule has 18 heavy (non-hydrogen) atoms. The predicted octanol–water partition coefficient (Wildman–Crippen LogP) is 2.80. The molecule has 92 valence electrons. The van der Waals surface area contributed by atoms with Crippen molar-refractivity contribution in [3.63, 3.8) is 0 Å². The van der Waals surface area contributed by atoms with Crippen molar-refractivity contribution in [2.45, 2.75) is 12.8 Å². The molecule has 0 saturated carbocycles. The van der Waals surface area contributed by atoms with Crippen LogP contribution < -0.4 is 0 Å². The number of carboxylic acids is 1. The van der Waals surface area contributed by atoms with Crippen LogP contribution in [0, 0.1) is 0 Å². The highest BCUT2D eigenvalue weighted by molar-refractivity contribution is 7.14. The van der Waals surface area contributed by atoms with Gasteiger partial charge < -0.3 is 5.11 Å². The van der Waals surface area contributed by atoms with Gasteiger partial charge in [0.05, 0.1) is 11.3 Å². The molecule has 1 N–H and O–H groups in total. The van der Waals surface area contributed by atoms with Gasteiger partial charge in [0.15, 0.2) is 5.78 Å². The second kappa shape index (κ2) is 5.60. The van der Waals surface area contributed by atoms with Gasteiger partial charge in [-0.05, 0) is 17.7 Å². The van der Waals surface area contributed by atoms with Crippen LogP contribution in [-0.4, -0.2) is 16.9 Å². The lowest BCUT2D eigenvalue weighted by molar-refractivity contribution is -0.136. The Balaban J connectivity index is 2.05. The normalized spacial score (nSPS) is 10.2. The molecule has 0 fully saturated rings. The van der Waals surface area contributed by atoms with E-state index in [1.807, 2.05) is 30.3 Å². The highest BCUT2D eigenvalue weighted by Crippen LogP contribution is 2.19. The van der Waals surface area contributed by atoms with Crippen LogP contribution in [0.3, 0.4) is 0 Å². The van der Waals surface area contributed by atoms with Gasteiger partial charge >= 0.3 is 5.97 Å². The summed E-state index contributed by atoms with van der Waals surface area (Å²) in [6.45, 7) is 0. The largest absolute Gasteiger partial charge is 0.481 e. The average molecular weight is 260 g/mol. The van der Waals surface area contributed by atoms with E-state index < -0.39 is 5.97 Å². The first kappa shape index (κ1) is 12.5. The lowest BCUT2D eigenvalue weighted by Crippen LogP contribution is -2.00. The second-order valence-corrected chi connectivity index (χ2v) is 5.09. The molecule has 4 heteroatoms. The van der Waals surface area contributed by atoms with Crippen molar-refractivity contribution in [3.05, 3.63) is 57.8 Å². The van der Waals surface area contributed by atoms with Crippen molar-refractivity contribution in [1.29, 1.82) is 0 Å². The lowest BCUT2D eigenvalue weighted by Gasteiger charge is -1.98. The molecule has 0 aliphatic heterocycles. The molecule has 0 aliphatic carbocycles. The molecule has 0 radical (unpaired) electrons. The number of hydrogen-bond acceptors (Lipinski definition) is 3. The summed E-state index contributed by atoms with van der Waals surface area (Å²) >= 11 is 1.26. The molecule has 2 aromatic rings. The van der Waals surface area contributed by atoms with Gasteiger partial charge in [0.1, 0.15) is 0 Å². The number of hydrogen-bond donors (Lipinski definition) is 1. The van der Waals surface area contributed by atoms with Gasteiger partial charge in [-0.1, -0.05) is 30.3 Å². The van der Waals surface area contributed by atoms with Gasteiger partial charge in [0, 0.05) is 11.3 Å². The number of carbonyl (C=O) groups excluding carboxylic acids is 1. The molecule has 0 amide bonds. The van der Waals surface area contributed by atoms with Crippen molar-refractivity contribution in [2.24, 2.45) is 0 Å². The molecule has 0 saturated heterocycles. The van der Waals surface area contributed by atoms with Crippen molar-refractivity contribution < 1.29 is 14.7 Å². The standard InChI is InChI=1S/C14H12O3S/c15-12(8-10-4-2-1-3-5-10)13-7-6-11(18-13)9-14(16)17/h1-7H,8-9H2,(H,16,17). The molecule has 2 rings (SSSR count). The number of rotatable bonds is 5. The summed E-state index contributed by atoms with van der Waals surface area (Å²) in [5.41, 5.74) is 0.968. The monoisotopic (exact) mass is 260 g/mol. The van der Waals surface area contributed by atoms with Crippen LogP contribution in [0.4, 0.5) is 0 Å². The van der Waals surface area contributed by atoms with E-state index >= 15 is 0 Å². The van der Waals surface area contributed by atoms with E-state index in [-0.39, 0.29) is 12.2 Å². The Bertz CT molecular complexity index is 557. The Morgan fingerprint density at radius 1 is 1.00 bits per heavy atom. The zero-order valence-corrected chi connectivity index (χ0v) is 10.4. The molecule has 0 aliphatic rings. The van der Waals surface area contributed by atoms with Crippen LogP contribution in [0.15, 0.2) is 42.5 Å². The Hall–Kier alpha value is -1.94. The Kier molecular flexibility index (Phi) is 3.89. The molecule has 1 aromatic carbocycles. The molecule has 0 spiro atoms. The Morgan fingerprint density at radius 2 is 1.72 bits per heavy atom. The summed E-state index contributed by atoms with van der Waals surface area (Å²) in [6.07, 6.45) is 0.331. The van der Waals surface area contributed by atoms with E-state index in [1.54, 1.807) is 12.1 Å². The van der Waals surface area contributed by atoms with Gasteiger partial charge in [-0.15, -0.1) is 11.3 Å². The predicted molar refractivity (Wildman–Crippen MR) is 70.1 cm³/mol. The van der Waals surface area contributed by atoms with E-state index in [0.29, 0.717) is 16.2 Å². The van der Waals surface area contributed by atoms with E-state index in [2.05, 4.69) is 0 Å². The number of carbonyl (C=O) groups is 2. The van der Waals surface area contributed by atoms with E-state index in [4.69, 9.17) is 5.11 Å². The third kappa shape index (κ3) is 3.28. The summed E-state index contributed by atoms with van der Waals surface area (Å²) in [7, 11) is 0. The molecule has 0 unspecified atom stereocenters. The lowest BCUT2D eigenvalue weighted by atomic mass is 10.1. The Labute approximate surface area is 109 Å². The number of carboxylic acid groups (broad SMARTS) is 1. The number of aliphatic carboxylic acids is 1. The first-order valence-corrected chi connectivity index (χ1v) is 6.34. The fraction of sp³-hybridized carbons (Fsp3) is 0.143. The topological polar surface area (TPSA) is 54.4 Å². The number of Topliss-reactive ketones (excluding diaryl/α,β-unsaturated/α-hetero) is 1. The first-order valence-electron chi connectivity index (χ1n) is 5.53. The van der Waals surface area contributed by atoms with Crippen LogP contribution in [0.2, 0.25) is 0 Å². The molecule has 1 heterocycles. The summed E-state index contributed by atoms with van der Waals surface area (Å²) in [5.74, 6) is -0.846. The molecular formula is C14H12O3S. The van der Waals surface area contributed by atoms with Crippen LogP contribution in [-0.2, 0) is 17.6 Å². The quantitative estimate of drug-likeness (QED) is 0.841. The zero-order valence-electron chi connectivity index (χ0n) is 9.63. The summed E-state index contributed by atoms with van der Waals surface area (Å²) in [4.78, 5) is 23.9. The minimum atomic E-state index is -0.876. The van der Waals surface area contributed by atoms with Crippen molar-refractivity contribution in [3.8, 4) is 0 Å². The fourth-order valence-electron chi connectivity index (χ4n) is 1.64. The summed E-state index contributed by atoms with van der Waals surface area (Å²) in [5, 5.41) is 8.67. The van der Waals surface area contributed by atoms with E-state index in [0.717, 1.165) is 5.56 Å². The van der Waals surface area contributed by atoms with Crippen LogP contribution in [0.1, 0.15) is 20.1 Å². The Morgan fingerprint density at radius 3 is 2.39 bits per heavy atom. The van der Waals surface area contributed by atoms with Gasteiger partial charge in [0.25, 0.3) is 0 Å². The average Bonchev–Trinajstić information content (AvgIpc) is 2.78. The van der Waals surface area contributed by atoms with E-state index in [1.165, 1.54) is 11.3 Å². The van der Waals surface area contributed by atoms with Crippen molar-refractivity contribution in [2.75, 3.05) is 0 Å². The number of thiophene rings is 1. The van der Waals surface area contributed by atoms with Gasteiger partial charge in [-0.25, -0.2) is 0 Å². The first-order chi connectivity index (χ1) is 8.65. The molecule has 1 aromatic heterocycles. The van der Waals surface area contributed by atoms with E-state index in [9.17, 15) is 9.59 Å². The zero-order chi connectivity index (χ0) is 13.0. The molecule has 0 atom stereocenters. The molecule has 3 nitrogen and oxygen atoms in total. The maximum absolute atomic E-state index is 12.0. The third-order valence-corrected chi connectivity index (χ3v) is 3.60. The SMILES string of the molecule is O=C(O)Cc1ccc(C(=O)Cc2ccccc2)s1. The van der Waals surface area contributed by atoms with Gasteiger partial charge in [0.2, 0.25) is 0 Å². The molecular weight excluding hydrogens is 248 g/mol.